The lowest BCUT2D eigenvalue weighted by atomic mass is 10.0. The summed E-state index contributed by atoms with van der Waals surface area (Å²) in [5.41, 5.74) is -0.114. The maximum atomic E-state index is 12.2. The van der Waals surface area contributed by atoms with Crippen LogP contribution in [0.15, 0.2) is 21.2 Å². The van der Waals surface area contributed by atoms with Gasteiger partial charge in [0.25, 0.3) is 11.5 Å². The van der Waals surface area contributed by atoms with Gasteiger partial charge in [-0.05, 0) is 6.92 Å². The van der Waals surface area contributed by atoms with E-state index in [-0.39, 0.29) is 11.2 Å². The summed E-state index contributed by atoms with van der Waals surface area (Å²) in [5.74, 6) is 2.09. The highest BCUT2D eigenvalue weighted by atomic mass is 16.2. The minimum atomic E-state index is -0.456. The van der Waals surface area contributed by atoms with Gasteiger partial charge in [-0.15, -0.1) is 17.4 Å². The van der Waals surface area contributed by atoms with Crippen LogP contribution in [0.2, 0.25) is 0 Å². The highest BCUT2D eigenvalue weighted by Crippen LogP contribution is 2.35. The van der Waals surface area contributed by atoms with Crippen molar-refractivity contribution in [3.05, 3.63) is 27.9 Å². The Morgan fingerprint density at radius 2 is 2.26 bits per heavy atom. The first kappa shape index (κ1) is 14.9. The van der Waals surface area contributed by atoms with Gasteiger partial charge >= 0.3 is 0 Å². The van der Waals surface area contributed by atoms with Crippen molar-refractivity contribution >= 4 is 11.4 Å². The van der Waals surface area contributed by atoms with Crippen molar-refractivity contribution in [1.29, 1.82) is 0 Å². The number of carbonyl (C=O) groups is 1. The minimum absolute atomic E-state index is 0.00593. The number of hydrogen-bond donors (Lipinski definition) is 2. The van der Waals surface area contributed by atoms with Crippen LogP contribution in [-0.2, 0) is 0 Å². The Balaban J connectivity index is 1.66. The standard InChI is InChI=1S/C14H15N7O2/c1-3-4-5-14(18-19-14)6-7-15-12(22)10-11-13(23)16-9(2)8-21(11)20-17-10/h1,8H,4-7H2,2H3,(H,15,22)(H,16,23). The van der Waals surface area contributed by atoms with Gasteiger partial charge in [-0.2, -0.15) is 10.2 Å². The zero-order valence-electron chi connectivity index (χ0n) is 12.5. The maximum absolute atomic E-state index is 12.2. The Labute approximate surface area is 131 Å². The molecule has 23 heavy (non-hydrogen) atoms. The van der Waals surface area contributed by atoms with Gasteiger partial charge in [-0.3, -0.25) is 9.59 Å². The Morgan fingerprint density at radius 3 is 2.96 bits per heavy atom. The second kappa shape index (κ2) is 5.64. The lowest BCUT2D eigenvalue weighted by Gasteiger charge is -2.09. The van der Waals surface area contributed by atoms with Gasteiger partial charge < -0.3 is 10.3 Å². The van der Waals surface area contributed by atoms with Gasteiger partial charge in [-0.25, -0.2) is 4.52 Å². The predicted molar refractivity (Wildman–Crippen MR) is 80.9 cm³/mol. The summed E-state index contributed by atoms with van der Waals surface area (Å²) in [5, 5.41) is 18.3. The number of terminal acetylenes is 1. The summed E-state index contributed by atoms with van der Waals surface area (Å²) in [6.45, 7) is 2.08. The SMILES string of the molecule is C#CCCC1(CCNC(=O)c2nnn3cc(C)[nH]c(=O)c23)N=N1. The first-order valence-electron chi connectivity index (χ1n) is 7.15. The highest BCUT2D eigenvalue weighted by Gasteiger charge is 2.38. The lowest BCUT2D eigenvalue weighted by Crippen LogP contribution is -2.29. The van der Waals surface area contributed by atoms with Crippen LogP contribution in [0.3, 0.4) is 0 Å². The van der Waals surface area contributed by atoms with E-state index in [2.05, 4.69) is 36.8 Å². The molecule has 3 heterocycles. The van der Waals surface area contributed by atoms with Gasteiger partial charge in [0.15, 0.2) is 16.9 Å². The number of rotatable bonds is 6. The Kier molecular flexibility index (Phi) is 3.65. The zero-order chi connectivity index (χ0) is 16.4. The van der Waals surface area contributed by atoms with Crippen molar-refractivity contribution in [1.82, 2.24) is 25.1 Å². The molecule has 0 aromatic carbocycles. The van der Waals surface area contributed by atoms with Crippen LogP contribution in [-0.4, -0.2) is 37.9 Å². The molecular formula is C14H15N7O2. The first-order valence-corrected chi connectivity index (χ1v) is 7.15. The first-order chi connectivity index (χ1) is 11.0. The molecule has 1 aliphatic rings. The van der Waals surface area contributed by atoms with Crippen LogP contribution >= 0.6 is 0 Å². The fraction of sp³-hybridized carbons (Fsp3) is 0.429. The van der Waals surface area contributed by atoms with Gasteiger partial charge in [0, 0.05) is 31.5 Å². The highest BCUT2D eigenvalue weighted by molar-refractivity contribution is 5.98. The third-order valence-electron chi connectivity index (χ3n) is 3.61. The molecule has 0 atom stereocenters. The van der Waals surface area contributed by atoms with Gasteiger partial charge in [0.2, 0.25) is 0 Å². The maximum Gasteiger partial charge on any atom is 0.276 e. The average molecular weight is 313 g/mol. The van der Waals surface area contributed by atoms with E-state index < -0.39 is 17.1 Å². The molecule has 0 unspecified atom stereocenters. The van der Waals surface area contributed by atoms with E-state index >= 15 is 0 Å². The van der Waals surface area contributed by atoms with E-state index in [0.29, 0.717) is 31.5 Å². The quantitative estimate of drug-likeness (QED) is 0.752. The van der Waals surface area contributed by atoms with Crippen molar-refractivity contribution < 1.29 is 4.79 Å². The van der Waals surface area contributed by atoms with E-state index in [0.717, 1.165) is 0 Å². The number of fused-ring (bicyclic) bond motifs is 1. The summed E-state index contributed by atoms with van der Waals surface area (Å²) in [6, 6.07) is 0. The molecule has 0 saturated carbocycles. The molecule has 2 N–H and O–H groups in total. The number of aromatic nitrogens is 4. The number of carbonyl (C=O) groups excluding carboxylic acids is 1. The fourth-order valence-corrected chi connectivity index (χ4v) is 2.33. The number of H-pyrrole nitrogens is 1. The van der Waals surface area contributed by atoms with E-state index in [4.69, 9.17) is 6.42 Å². The van der Waals surface area contributed by atoms with Crippen molar-refractivity contribution in [2.45, 2.75) is 31.8 Å². The van der Waals surface area contributed by atoms with E-state index in [1.807, 2.05) is 0 Å². The Bertz CT molecular complexity index is 881. The van der Waals surface area contributed by atoms with Crippen LogP contribution in [0, 0.1) is 19.3 Å². The predicted octanol–water partition coefficient (Wildman–Crippen LogP) is 0.421. The molecule has 9 nitrogen and oxygen atoms in total. The van der Waals surface area contributed by atoms with Crippen LogP contribution in [0.4, 0.5) is 0 Å². The molecule has 3 rings (SSSR count). The summed E-state index contributed by atoms with van der Waals surface area (Å²) in [4.78, 5) is 26.8. The average Bonchev–Trinajstić information content (AvgIpc) is 3.14. The van der Waals surface area contributed by atoms with E-state index in [1.165, 1.54) is 4.52 Å². The van der Waals surface area contributed by atoms with Crippen LogP contribution in [0.25, 0.3) is 5.52 Å². The van der Waals surface area contributed by atoms with Crippen molar-refractivity contribution in [3.63, 3.8) is 0 Å². The largest absolute Gasteiger partial charge is 0.350 e. The third kappa shape index (κ3) is 2.96. The number of nitrogens with zero attached hydrogens (tertiary/aromatic N) is 5. The molecule has 2 aromatic heterocycles. The Hall–Kier alpha value is -3.02. The molecule has 9 heteroatoms. The number of hydrogen-bond acceptors (Lipinski definition) is 6. The van der Waals surface area contributed by atoms with Crippen LogP contribution in [0.5, 0.6) is 0 Å². The smallest absolute Gasteiger partial charge is 0.276 e. The lowest BCUT2D eigenvalue weighted by molar-refractivity contribution is 0.0948. The van der Waals surface area contributed by atoms with Crippen LogP contribution < -0.4 is 10.9 Å². The normalized spacial score (nSPS) is 14.6. The molecular weight excluding hydrogens is 298 g/mol. The molecule has 0 aliphatic carbocycles. The second-order valence-electron chi connectivity index (χ2n) is 5.39. The zero-order valence-corrected chi connectivity index (χ0v) is 12.5. The summed E-state index contributed by atoms with van der Waals surface area (Å²) in [7, 11) is 0. The minimum Gasteiger partial charge on any atom is -0.350 e. The van der Waals surface area contributed by atoms with Gasteiger partial charge in [0.1, 0.15) is 0 Å². The molecule has 0 spiro atoms. The molecule has 2 aromatic rings. The van der Waals surface area contributed by atoms with Crippen molar-refractivity contribution in [2.24, 2.45) is 10.2 Å². The number of amides is 1. The summed E-state index contributed by atoms with van der Waals surface area (Å²) in [6.07, 6.45) is 8.65. The second-order valence-corrected chi connectivity index (χ2v) is 5.39. The van der Waals surface area contributed by atoms with Crippen molar-refractivity contribution in [3.8, 4) is 12.3 Å². The molecule has 0 fully saturated rings. The van der Waals surface area contributed by atoms with Crippen molar-refractivity contribution in [2.75, 3.05) is 6.54 Å². The summed E-state index contributed by atoms with van der Waals surface area (Å²) >= 11 is 0. The van der Waals surface area contributed by atoms with Gasteiger partial charge in [0.05, 0.1) is 6.20 Å². The molecule has 1 aliphatic heterocycles. The van der Waals surface area contributed by atoms with E-state index in [1.54, 1.807) is 13.1 Å². The Morgan fingerprint density at radius 1 is 1.48 bits per heavy atom. The number of nitrogens with one attached hydrogen (secondary N) is 2. The monoisotopic (exact) mass is 313 g/mol. The van der Waals surface area contributed by atoms with E-state index in [9.17, 15) is 9.59 Å². The topological polar surface area (TPSA) is 117 Å². The third-order valence-corrected chi connectivity index (χ3v) is 3.61. The molecule has 0 saturated heterocycles. The van der Waals surface area contributed by atoms with Crippen LogP contribution in [0.1, 0.15) is 35.4 Å². The molecule has 0 bridgehead atoms. The summed E-state index contributed by atoms with van der Waals surface area (Å²) < 4.78 is 1.29. The number of aryl methyl sites for hydroxylation is 1. The molecule has 1 amide bonds. The fourth-order valence-electron chi connectivity index (χ4n) is 2.33. The van der Waals surface area contributed by atoms with Gasteiger partial charge in [-0.1, -0.05) is 5.21 Å². The molecule has 0 radical (unpaired) electrons. The number of aromatic amines is 1. The molecule has 118 valence electrons.